The summed E-state index contributed by atoms with van der Waals surface area (Å²) in [7, 11) is 0. The molecule has 2 amide bonds. The number of benzene rings is 2. The van der Waals surface area contributed by atoms with Gasteiger partial charge in [-0.1, -0.05) is 28.1 Å². The summed E-state index contributed by atoms with van der Waals surface area (Å²) in [5.41, 5.74) is 7.04. The average Bonchev–Trinajstić information content (AvgIpc) is 2.60. The fourth-order valence-corrected chi connectivity index (χ4v) is 2.79. The number of hydrazone groups is 1. The summed E-state index contributed by atoms with van der Waals surface area (Å²) in [5, 5.41) is 9.61. The van der Waals surface area contributed by atoms with Gasteiger partial charge in [0.15, 0.2) is 0 Å². The quantitative estimate of drug-likeness (QED) is 0.284. The Morgan fingerprint density at radius 3 is 2.48 bits per heavy atom. The zero-order valence-corrected chi connectivity index (χ0v) is 16.8. The molecule has 0 aliphatic rings. The first kappa shape index (κ1) is 20.4. The topological polar surface area (TPSA) is 82.6 Å². The van der Waals surface area contributed by atoms with Crippen LogP contribution in [0.2, 0.25) is 0 Å². The van der Waals surface area contributed by atoms with E-state index in [4.69, 9.17) is 0 Å². The summed E-state index contributed by atoms with van der Waals surface area (Å²) < 4.78 is 0.866. The van der Waals surface area contributed by atoms with Gasteiger partial charge in [-0.2, -0.15) is 5.10 Å². The van der Waals surface area contributed by atoms with Crippen LogP contribution in [0.15, 0.2) is 58.6 Å². The molecule has 0 atom stereocenters. The van der Waals surface area contributed by atoms with Gasteiger partial charge in [0.2, 0.25) is 0 Å². The molecule has 0 aliphatic heterocycles. The van der Waals surface area contributed by atoms with E-state index in [1.165, 1.54) is 12.3 Å². The summed E-state index contributed by atoms with van der Waals surface area (Å²) in [6.45, 7) is 7.76. The second-order valence-corrected chi connectivity index (χ2v) is 6.85. The van der Waals surface area contributed by atoms with Gasteiger partial charge in [0.1, 0.15) is 0 Å². The molecule has 0 fully saturated rings. The van der Waals surface area contributed by atoms with Crippen LogP contribution in [0.5, 0.6) is 0 Å². The number of carbonyl (C=O) groups excluding carboxylic acids is 2. The Morgan fingerprint density at radius 2 is 1.81 bits per heavy atom. The van der Waals surface area contributed by atoms with E-state index in [0.29, 0.717) is 0 Å². The number of nitrogens with one attached hydrogen (secondary N) is 3. The van der Waals surface area contributed by atoms with Gasteiger partial charge in [-0.05, 0) is 55.3 Å². The molecular formula is C20H21BrN4O2. The molecule has 2 aromatic rings. The van der Waals surface area contributed by atoms with Crippen LogP contribution in [0.3, 0.4) is 0 Å². The standard InChI is InChI=1S/C20H21BrN4O2/c1-4-7-22-19(26)20(27)25-23-12-15-11-16(21)5-6-18(15)24-17-9-13(2)8-14(3)10-17/h4-6,8-12,24H,1,7H2,2-3H3,(H,22,26)(H,25,27)/b23-12-. The summed E-state index contributed by atoms with van der Waals surface area (Å²) in [6.07, 6.45) is 2.97. The van der Waals surface area contributed by atoms with Crippen LogP contribution < -0.4 is 16.1 Å². The van der Waals surface area contributed by atoms with E-state index in [1.807, 2.05) is 44.2 Å². The highest BCUT2D eigenvalue weighted by Gasteiger charge is 2.11. The first-order chi connectivity index (χ1) is 12.9. The third kappa shape index (κ3) is 6.38. The highest BCUT2D eigenvalue weighted by Crippen LogP contribution is 2.24. The molecule has 3 N–H and O–H groups in total. The highest BCUT2D eigenvalue weighted by molar-refractivity contribution is 9.10. The van der Waals surface area contributed by atoms with Crippen molar-refractivity contribution in [3.8, 4) is 0 Å². The molecule has 0 saturated heterocycles. The minimum atomic E-state index is -0.841. The van der Waals surface area contributed by atoms with E-state index in [9.17, 15) is 9.59 Å². The van der Waals surface area contributed by atoms with Crippen LogP contribution in [0, 0.1) is 13.8 Å². The smallest absolute Gasteiger partial charge is 0.329 e. The molecule has 0 aliphatic carbocycles. The van der Waals surface area contributed by atoms with Gasteiger partial charge in [0.05, 0.1) is 6.21 Å². The Bertz CT molecular complexity index is 873. The molecular weight excluding hydrogens is 408 g/mol. The lowest BCUT2D eigenvalue weighted by Crippen LogP contribution is -2.37. The van der Waals surface area contributed by atoms with E-state index in [-0.39, 0.29) is 6.54 Å². The van der Waals surface area contributed by atoms with Gasteiger partial charge in [-0.3, -0.25) is 9.59 Å². The maximum atomic E-state index is 11.7. The fourth-order valence-electron chi connectivity index (χ4n) is 2.41. The van der Waals surface area contributed by atoms with E-state index >= 15 is 0 Å². The summed E-state index contributed by atoms with van der Waals surface area (Å²) in [6, 6.07) is 11.9. The molecule has 0 saturated carbocycles. The number of anilines is 2. The fraction of sp³-hybridized carbons (Fsp3) is 0.150. The minimum absolute atomic E-state index is 0.214. The number of hydrogen-bond acceptors (Lipinski definition) is 4. The number of aryl methyl sites for hydroxylation is 2. The maximum absolute atomic E-state index is 11.7. The van der Waals surface area contributed by atoms with Crippen molar-refractivity contribution in [3.05, 3.63) is 70.2 Å². The lowest BCUT2D eigenvalue weighted by molar-refractivity contribution is -0.139. The number of hydrogen-bond donors (Lipinski definition) is 3. The highest BCUT2D eigenvalue weighted by atomic mass is 79.9. The van der Waals surface area contributed by atoms with Crippen molar-refractivity contribution in [2.24, 2.45) is 5.10 Å². The van der Waals surface area contributed by atoms with Crippen molar-refractivity contribution < 1.29 is 9.59 Å². The van der Waals surface area contributed by atoms with Gasteiger partial charge in [-0.15, -0.1) is 6.58 Å². The Balaban J connectivity index is 2.14. The monoisotopic (exact) mass is 428 g/mol. The number of rotatable bonds is 6. The molecule has 7 heteroatoms. The SMILES string of the molecule is C=CCNC(=O)C(=O)N/N=C\c1cc(Br)ccc1Nc1cc(C)cc(C)c1. The molecule has 0 radical (unpaired) electrons. The van der Waals surface area contributed by atoms with E-state index < -0.39 is 11.8 Å². The lowest BCUT2D eigenvalue weighted by atomic mass is 10.1. The Morgan fingerprint density at radius 1 is 1.11 bits per heavy atom. The van der Waals surface area contributed by atoms with Crippen LogP contribution >= 0.6 is 15.9 Å². The zero-order chi connectivity index (χ0) is 19.8. The average molecular weight is 429 g/mol. The summed E-state index contributed by atoms with van der Waals surface area (Å²) in [5.74, 6) is -1.61. The van der Waals surface area contributed by atoms with Gasteiger partial charge in [-0.25, -0.2) is 5.43 Å². The molecule has 6 nitrogen and oxygen atoms in total. The Hall–Kier alpha value is -2.93. The predicted molar refractivity (Wildman–Crippen MR) is 112 cm³/mol. The largest absolute Gasteiger partial charge is 0.355 e. The number of amides is 2. The minimum Gasteiger partial charge on any atom is -0.355 e. The summed E-state index contributed by atoms with van der Waals surface area (Å²) >= 11 is 3.43. The Labute approximate surface area is 166 Å². The molecule has 2 aromatic carbocycles. The molecule has 0 spiro atoms. The van der Waals surface area contributed by atoms with Crippen molar-refractivity contribution in [2.45, 2.75) is 13.8 Å². The van der Waals surface area contributed by atoms with Gasteiger partial charge in [0.25, 0.3) is 0 Å². The lowest BCUT2D eigenvalue weighted by Gasteiger charge is -2.12. The molecule has 0 heterocycles. The molecule has 0 unspecified atom stereocenters. The predicted octanol–water partition coefficient (Wildman–Crippen LogP) is 3.56. The van der Waals surface area contributed by atoms with Gasteiger partial charge < -0.3 is 10.6 Å². The molecule has 27 heavy (non-hydrogen) atoms. The second kappa shape index (κ2) is 9.68. The van der Waals surface area contributed by atoms with Crippen molar-refractivity contribution in [1.29, 1.82) is 0 Å². The van der Waals surface area contributed by atoms with E-state index in [0.717, 1.165) is 32.5 Å². The van der Waals surface area contributed by atoms with Crippen molar-refractivity contribution in [2.75, 3.05) is 11.9 Å². The number of nitrogens with zero attached hydrogens (tertiary/aromatic N) is 1. The molecule has 140 valence electrons. The second-order valence-electron chi connectivity index (χ2n) is 5.93. The number of halogens is 1. The summed E-state index contributed by atoms with van der Waals surface area (Å²) in [4.78, 5) is 23.2. The van der Waals surface area contributed by atoms with E-state index in [1.54, 1.807) is 0 Å². The van der Waals surface area contributed by atoms with Crippen molar-refractivity contribution in [3.63, 3.8) is 0 Å². The third-order valence-corrected chi connectivity index (χ3v) is 3.99. The number of carbonyl (C=O) groups is 2. The third-order valence-electron chi connectivity index (χ3n) is 3.50. The van der Waals surface area contributed by atoms with Crippen LogP contribution in [-0.2, 0) is 9.59 Å². The van der Waals surface area contributed by atoms with Crippen LogP contribution in [0.25, 0.3) is 0 Å². The first-order valence-corrected chi connectivity index (χ1v) is 9.05. The zero-order valence-electron chi connectivity index (χ0n) is 15.2. The molecule has 0 bridgehead atoms. The van der Waals surface area contributed by atoms with Gasteiger partial charge in [0, 0.05) is 28.0 Å². The maximum Gasteiger partial charge on any atom is 0.329 e. The Kier molecular flexibility index (Phi) is 7.31. The van der Waals surface area contributed by atoms with Crippen LogP contribution in [-0.4, -0.2) is 24.6 Å². The molecule has 2 rings (SSSR count). The van der Waals surface area contributed by atoms with Gasteiger partial charge >= 0.3 is 11.8 Å². The van der Waals surface area contributed by atoms with E-state index in [2.05, 4.69) is 49.7 Å². The first-order valence-electron chi connectivity index (χ1n) is 8.26. The van der Waals surface area contributed by atoms with Crippen molar-refractivity contribution >= 4 is 45.3 Å². The normalized spacial score (nSPS) is 10.5. The molecule has 0 aromatic heterocycles. The van der Waals surface area contributed by atoms with Crippen LogP contribution in [0.1, 0.15) is 16.7 Å². The van der Waals surface area contributed by atoms with Crippen molar-refractivity contribution in [1.82, 2.24) is 10.7 Å². The van der Waals surface area contributed by atoms with Crippen LogP contribution in [0.4, 0.5) is 11.4 Å².